The maximum absolute atomic E-state index is 13.5. The van der Waals surface area contributed by atoms with Crippen LogP contribution in [0, 0.1) is 34.5 Å². The molecule has 35 heavy (non-hydrogen) atoms. The van der Waals surface area contributed by atoms with Crippen molar-refractivity contribution >= 4 is 16.7 Å². The number of hydrogen-bond donors (Lipinski definition) is 3. The molecule has 0 saturated heterocycles. The van der Waals surface area contributed by atoms with Gasteiger partial charge in [-0.15, -0.1) is 0 Å². The molecule has 5 heteroatoms. The van der Waals surface area contributed by atoms with E-state index in [9.17, 15) is 9.90 Å². The lowest BCUT2D eigenvalue weighted by Gasteiger charge is -2.62. The molecule has 0 unspecified atom stereocenters. The summed E-state index contributed by atoms with van der Waals surface area (Å²) in [6.07, 6.45) is 11.1. The van der Waals surface area contributed by atoms with E-state index in [1.54, 1.807) is 6.07 Å². The average Bonchev–Trinajstić information content (AvgIpc) is 3.14. The summed E-state index contributed by atoms with van der Waals surface area (Å²) in [5.74, 6) is 2.81. The van der Waals surface area contributed by atoms with E-state index in [1.165, 1.54) is 37.7 Å². The van der Waals surface area contributed by atoms with Gasteiger partial charge < -0.3 is 20.6 Å². The number of rotatable bonds is 0. The second kappa shape index (κ2) is 7.35. The fourth-order valence-electron chi connectivity index (χ4n) is 10.2. The predicted octanol–water partition coefficient (Wildman–Crippen LogP) is 5.12. The van der Waals surface area contributed by atoms with E-state index in [-0.39, 0.29) is 22.7 Å². The van der Waals surface area contributed by atoms with E-state index in [1.807, 2.05) is 12.1 Å². The minimum Gasteiger partial charge on any atom is -0.422 e. The number of anilines is 1. The van der Waals surface area contributed by atoms with Crippen molar-refractivity contribution in [3.8, 4) is 0 Å². The highest BCUT2D eigenvalue weighted by Gasteiger charge is 2.62. The van der Waals surface area contributed by atoms with Crippen molar-refractivity contribution in [2.75, 3.05) is 12.3 Å². The Kier molecular flexibility index (Phi) is 4.69. The van der Waals surface area contributed by atoms with Gasteiger partial charge in [0, 0.05) is 23.7 Å². The number of aliphatic hydroxyl groups is 1. The van der Waals surface area contributed by atoms with Gasteiger partial charge in [0.15, 0.2) is 0 Å². The summed E-state index contributed by atoms with van der Waals surface area (Å²) in [5, 5.41) is 15.7. The standard InChI is InChI=1S/C30H40N2O3/c1-28-12-13-30(26-20(10-14-32-30)19-6-4-18(31)15-24(19)35-27(26)34)16-17(28)3-5-21-22-7-8-25(33)29(22,2)11-9-23(21)28/h4,6,15,17,21-23,25,32-33H,3,5,7-14,16,31H2,1-2H3/t17-,21-,22-,23-,25-,28-,29-,30+/m0/s1. The van der Waals surface area contributed by atoms with Crippen molar-refractivity contribution in [2.45, 2.75) is 89.7 Å². The first-order valence-corrected chi connectivity index (χ1v) is 14.0. The third-order valence-corrected chi connectivity index (χ3v) is 12.1. The van der Waals surface area contributed by atoms with Gasteiger partial charge in [0.05, 0.1) is 17.2 Å². The Hall–Kier alpha value is -1.85. The van der Waals surface area contributed by atoms with Crippen LogP contribution in [0.1, 0.15) is 82.8 Å². The van der Waals surface area contributed by atoms with Crippen molar-refractivity contribution in [1.82, 2.24) is 5.32 Å². The Labute approximate surface area is 207 Å². The predicted molar refractivity (Wildman–Crippen MR) is 138 cm³/mol. The first-order chi connectivity index (χ1) is 16.8. The molecule has 2 aromatic rings. The zero-order valence-electron chi connectivity index (χ0n) is 21.2. The number of nitrogen functional groups attached to an aromatic ring is 1. The van der Waals surface area contributed by atoms with Crippen LogP contribution in [0.4, 0.5) is 5.69 Å². The van der Waals surface area contributed by atoms with E-state index in [2.05, 4.69) is 19.2 Å². The zero-order valence-corrected chi connectivity index (χ0v) is 21.2. The monoisotopic (exact) mass is 476 g/mol. The van der Waals surface area contributed by atoms with Crippen LogP contribution in [0.25, 0.3) is 11.0 Å². The molecule has 4 saturated carbocycles. The Balaban J connectivity index is 1.25. The molecule has 188 valence electrons. The summed E-state index contributed by atoms with van der Waals surface area (Å²) in [6.45, 7) is 5.85. The lowest BCUT2D eigenvalue weighted by molar-refractivity contribution is -0.132. The second-order valence-electron chi connectivity index (χ2n) is 13.3. The van der Waals surface area contributed by atoms with Gasteiger partial charge in [-0.1, -0.05) is 13.8 Å². The number of nitrogens with one attached hydrogen (secondary N) is 1. The van der Waals surface area contributed by atoms with Crippen molar-refractivity contribution < 1.29 is 9.52 Å². The van der Waals surface area contributed by atoms with E-state index in [0.717, 1.165) is 61.4 Å². The molecule has 5 nitrogen and oxygen atoms in total. The number of benzene rings is 1. The molecule has 8 atom stereocenters. The van der Waals surface area contributed by atoms with Crippen molar-refractivity contribution in [1.29, 1.82) is 0 Å². The molecule has 1 spiro atoms. The Morgan fingerprint density at radius 2 is 1.86 bits per heavy atom. The van der Waals surface area contributed by atoms with Crippen LogP contribution in [-0.2, 0) is 12.0 Å². The summed E-state index contributed by atoms with van der Waals surface area (Å²) in [5.41, 5.74) is 9.34. The Morgan fingerprint density at radius 3 is 2.71 bits per heavy atom. The SMILES string of the molecule is C[C@]12CC[C@]3(C[C@@H]1CC[C@@H]1[C@@H]2CC[C@]2(C)[C@@H](O)CC[C@@H]12)NCCc1c3c(=O)oc2cc(N)ccc12. The van der Waals surface area contributed by atoms with Crippen LogP contribution in [0.15, 0.2) is 27.4 Å². The first-order valence-electron chi connectivity index (χ1n) is 14.0. The highest BCUT2D eigenvalue weighted by atomic mass is 16.4. The largest absolute Gasteiger partial charge is 0.422 e. The quantitative estimate of drug-likeness (QED) is 0.363. The molecule has 4 fully saturated rings. The van der Waals surface area contributed by atoms with Gasteiger partial charge >= 0.3 is 5.63 Å². The Morgan fingerprint density at radius 1 is 1.03 bits per heavy atom. The number of fused-ring (bicyclic) bond motifs is 9. The number of nitrogens with two attached hydrogens (primary N) is 1. The normalized spacial score (nSPS) is 44.5. The first kappa shape index (κ1) is 22.4. The molecular formula is C30H40N2O3. The third-order valence-electron chi connectivity index (χ3n) is 12.1. The van der Waals surface area contributed by atoms with Crippen LogP contribution >= 0.6 is 0 Å². The topological polar surface area (TPSA) is 88.5 Å². The van der Waals surface area contributed by atoms with Gasteiger partial charge in [0.1, 0.15) is 5.58 Å². The average molecular weight is 477 g/mol. The van der Waals surface area contributed by atoms with E-state index < -0.39 is 0 Å². The lowest BCUT2D eigenvalue weighted by Crippen LogP contribution is -2.60. The third kappa shape index (κ3) is 2.91. The van der Waals surface area contributed by atoms with Crippen LogP contribution < -0.4 is 16.7 Å². The summed E-state index contributed by atoms with van der Waals surface area (Å²) < 4.78 is 5.88. The molecule has 0 bridgehead atoms. The molecule has 4 N–H and O–H groups in total. The van der Waals surface area contributed by atoms with Gasteiger partial charge in [-0.05, 0) is 116 Å². The zero-order chi connectivity index (χ0) is 24.2. The summed E-state index contributed by atoms with van der Waals surface area (Å²) >= 11 is 0. The fourth-order valence-corrected chi connectivity index (χ4v) is 10.2. The minimum absolute atomic E-state index is 0.110. The second-order valence-corrected chi connectivity index (χ2v) is 13.3. The van der Waals surface area contributed by atoms with Gasteiger partial charge in [-0.3, -0.25) is 0 Å². The molecule has 1 aromatic heterocycles. The van der Waals surface area contributed by atoms with E-state index >= 15 is 0 Å². The van der Waals surface area contributed by atoms with Crippen LogP contribution in [0.5, 0.6) is 0 Å². The van der Waals surface area contributed by atoms with Crippen LogP contribution in [0.3, 0.4) is 0 Å². The lowest BCUT2D eigenvalue weighted by atomic mass is 9.43. The molecule has 7 rings (SSSR count). The number of hydrogen-bond acceptors (Lipinski definition) is 5. The van der Waals surface area contributed by atoms with Crippen LogP contribution in [0.2, 0.25) is 0 Å². The van der Waals surface area contributed by atoms with Crippen molar-refractivity contribution in [2.24, 2.45) is 34.5 Å². The molecule has 5 aliphatic rings. The maximum atomic E-state index is 13.5. The highest BCUT2D eigenvalue weighted by Crippen LogP contribution is 2.67. The molecule has 0 radical (unpaired) electrons. The Bertz CT molecular complexity index is 1250. The van der Waals surface area contributed by atoms with Gasteiger partial charge in [0.2, 0.25) is 0 Å². The van der Waals surface area contributed by atoms with Gasteiger partial charge in [-0.25, -0.2) is 4.79 Å². The molecular weight excluding hydrogens is 436 g/mol. The number of aliphatic hydroxyl groups excluding tert-OH is 1. The van der Waals surface area contributed by atoms with Crippen molar-refractivity contribution in [3.05, 3.63) is 39.7 Å². The molecule has 2 heterocycles. The van der Waals surface area contributed by atoms with Gasteiger partial charge in [-0.2, -0.15) is 0 Å². The molecule has 4 aliphatic carbocycles. The molecule has 0 amide bonds. The van der Waals surface area contributed by atoms with Gasteiger partial charge in [0.25, 0.3) is 0 Å². The van der Waals surface area contributed by atoms with Crippen molar-refractivity contribution in [3.63, 3.8) is 0 Å². The van der Waals surface area contributed by atoms with E-state index in [4.69, 9.17) is 10.2 Å². The smallest absolute Gasteiger partial charge is 0.341 e. The summed E-state index contributed by atoms with van der Waals surface area (Å²) in [4.78, 5) is 13.5. The molecule has 1 aromatic carbocycles. The maximum Gasteiger partial charge on any atom is 0.341 e. The summed E-state index contributed by atoms with van der Waals surface area (Å²) in [6, 6.07) is 5.76. The van der Waals surface area contributed by atoms with Crippen LogP contribution in [-0.4, -0.2) is 17.8 Å². The van der Waals surface area contributed by atoms with E-state index in [0.29, 0.717) is 28.5 Å². The summed E-state index contributed by atoms with van der Waals surface area (Å²) in [7, 11) is 0. The fraction of sp³-hybridized carbons (Fsp3) is 0.700. The molecule has 1 aliphatic heterocycles. The highest BCUT2D eigenvalue weighted by molar-refractivity contribution is 5.84. The minimum atomic E-state index is -0.270.